The second kappa shape index (κ2) is 7.85. The quantitative estimate of drug-likeness (QED) is 0.372. The minimum absolute atomic E-state index is 0.493. The summed E-state index contributed by atoms with van der Waals surface area (Å²) in [7, 11) is 1.97. The fourth-order valence-corrected chi connectivity index (χ4v) is 3.83. The molecule has 0 bridgehead atoms. The standard InChI is InChI=1S/C25H24N6O/c1-15-5-7-20(8-6-15)28-25-29-21-9-10-31(4)22(21)24(30-25)32-23-16(2)11-18(12-17(23)3)19-13-26-27-14-19/h5-14H,1-4H3,(H,26,27)(H,28,29,30). The average Bonchev–Trinajstić information content (AvgIpc) is 3.43. The van der Waals surface area contributed by atoms with Gasteiger partial charge in [0.2, 0.25) is 11.8 Å². The third kappa shape index (κ3) is 3.69. The number of ether oxygens (including phenoxy) is 1. The van der Waals surface area contributed by atoms with Crippen molar-refractivity contribution in [2.45, 2.75) is 20.8 Å². The van der Waals surface area contributed by atoms with Crippen LogP contribution in [0.3, 0.4) is 0 Å². The zero-order valence-corrected chi connectivity index (χ0v) is 18.5. The van der Waals surface area contributed by atoms with E-state index < -0.39 is 0 Å². The Kier molecular flexibility index (Phi) is 4.86. The SMILES string of the molecule is Cc1ccc(Nc2nc(Oc3c(C)cc(-c4cn[nH]c4)cc3C)c3c(ccn3C)n2)cc1. The molecule has 0 saturated heterocycles. The summed E-state index contributed by atoms with van der Waals surface area (Å²) in [4.78, 5) is 9.40. The first kappa shape index (κ1) is 19.8. The monoisotopic (exact) mass is 424 g/mol. The zero-order chi connectivity index (χ0) is 22.2. The van der Waals surface area contributed by atoms with Crippen molar-refractivity contribution >= 4 is 22.7 Å². The molecule has 5 rings (SSSR count). The second-order valence-corrected chi connectivity index (χ2v) is 8.03. The molecule has 0 spiro atoms. The molecule has 0 aliphatic carbocycles. The molecule has 0 saturated carbocycles. The lowest BCUT2D eigenvalue weighted by atomic mass is 10.0. The molecule has 0 aliphatic heterocycles. The number of rotatable bonds is 5. The number of aromatic nitrogens is 5. The molecule has 3 heterocycles. The van der Waals surface area contributed by atoms with E-state index in [1.807, 2.05) is 62.3 Å². The van der Waals surface area contributed by atoms with Gasteiger partial charge in [0, 0.05) is 30.7 Å². The summed E-state index contributed by atoms with van der Waals surface area (Å²) in [6.45, 7) is 6.15. The van der Waals surface area contributed by atoms with Gasteiger partial charge in [-0.3, -0.25) is 5.10 Å². The Morgan fingerprint density at radius 1 is 0.938 bits per heavy atom. The van der Waals surface area contributed by atoms with Crippen molar-refractivity contribution in [3.63, 3.8) is 0 Å². The normalized spacial score (nSPS) is 11.1. The van der Waals surface area contributed by atoms with Crippen molar-refractivity contribution in [3.8, 4) is 22.8 Å². The third-order valence-corrected chi connectivity index (χ3v) is 5.49. The highest BCUT2D eigenvalue weighted by Gasteiger charge is 2.16. The molecule has 7 nitrogen and oxygen atoms in total. The summed E-state index contributed by atoms with van der Waals surface area (Å²) in [6, 6.07) is 14.3. The highest BCUT2D eigenvalue weighted by atomic mass is 16.5. The molecule has 160 valence electrons. The fraction of sp³-hybridized carbons (Fsp3) is 0.160. The van der Waals surface area contributed by atoms with Crippen LogP contribution in [-0.4, -0.2) is 24.7 Å². The first-order valence-corrected chi connectivity index (χ1v) is 10.4. The maximum Gasteiger partial charge on any atom is 0.249 e. The van der Waals surface area contributed by atoms with Crippen LogP contribution in [0, 0.1) is 20.8 Å². The van der Waals surface area contributed by atoms with Crippen LogP contribution in [0.4, 0.5) is 11.6 Å². The summed E-state index contributed by atoms with van der Waals surface area (Å²) >= 11 is 0. The van der Waals surface area contributed by atoms with Crippen molar-refractivity contribution < 1.29 is 4.74 Å². The Hall–Kier alpha value is -4.13. The van der Waals surface area contributed by atoms with E-state index in [0.717, 1.165) is 44.7 Å². The maximum atomic E-state index is 6.43. The third-order valence-electron chi connectivity index (χ3n) is 5.49. The number of hydrogen-bond donors (Lipinski definition) is 2. The first-order valence-electron chi connectivity index (χ1n) is 10.4. The summed E-state index contributed by atoms with van der Waals surface area (Å²) < 4.78 is 8.40. The number of H-pyrrole nitrogens is 1. The van der Waals surface area contributed by atoms with Gasteiger partial charge in [0.25, 0.3) is 0 Å². The smallest absolute Gasteiger partial charge is 0.249 e. The van der Waals surface area contributed by atoms with Crippen LogP contribution in [0.1, 0.15) is 16.7 Å². The molecule has 2 N–H and O–H groups in total. The van der Waals surface area contributed by atoms with Crippen molar-refractivity contribution in [2.24, 2.45) is 7.05 Å². The predicted octanol–water partition coefficient (Wildman–Crippen LogP) is 5.82. The van der Waals surface area contributed by atoms with Crippen molar-refractivity contribution in [1.29, 1.82) is 0 Å². The summed E-state index contributed by atoms with van der Waals surface area (Å²) in [5, 5.41) is 10.2. The number of nitrogens with zero attached hydrogens (tertiary/aromatic N) is 4. The minimum atomic E-state index is 0.493. The average molecular weight is 425 g/mol. The lowest BCUT2D eigenvalue weighted by molar-refractivity contribution is 0.459. The summed E-state index contributed by atoms with van der Waals surface area (Å²) in [5.74, 6) is 1.80. The van der Waals surface area contributed by atoms with Gasteiger partial charge >= 0.3 is 0 Å². The van der Waals surface area contributed by atoms with Gasteiger partial charge in [0.05, 0.1) is 11.7 Å². The first-order chi connectivity index (χ1) is 15.5. The predicted molar refractivity (Wildman–Crippen MR) is 127 cm³/mol. The Bertz CT molecular complexity index is 1380. The molecule has 0 fully saturated rings. The lowest BCUT2D eigenvalue weighted by Crippen LogP contribution is -2.02. The minimum Gasteiger partial charge on any atom is -0.436 e. The van der Waals surface area contributed by atoms with Crippen LogP contribution in [0.5, 0.6) is 11.6 Å². The van der Waals surface area contributed by atoms with E-state index in [0.29, 0.717) is 11.8 Å². The molecule has 3 aromatic heterocycles. The zero-order valence-electron chi connectivity index (χ0n) is 18.5. The molecule has 0 amide bonds. The lowest BCUT2D eigenvalue weighted by Gasteiger charge is -2.15. The molecule has 0 unspecified atom stereocenters. The summed E-state index contributed by atoms with van der Waals surface area (Å²) in [6.07, 6.45) is 5.66. The number of nitrogens with one attached hydrogen (secondary N) is 2. The van der Waals surface area contributed by atoms with Crippen LogP contribution in [-0.2, 0) is 7.05 Å². The maximum absolute atomic E-state index is 6.43. The van der Waals surface area contributed by atoms with Gasteiger partial charge in [-0.05, 0) is 67.8 Å². The Balaban J connectivity index is 1.55. The largest absolute Gasteiger partial charge is 0.436 e. The van der Waals surface area contributed by atoms with Crippen LogP contribution in [0.15, 0.2) is 61.1 Å². The number of aryl methyl sites for hydroxylation is 4. The highest BCUT2D eigenvalue weighted by molar-refractivity contribution is 5.83. The molecule has 2 aromatic carbocycles. The molecule has 0 radical (unpaired) electrons. The number of aromatic amines is 1. The Morgan fingerprint density at radius 3 is 2.38 bits per heavy atom. The molecule has 7 heteroatoms. The van der Waals surface area contributed by atoms with E-state index in [9.17, 15) is 0 Å². The fourth-order valence-electron chi connectivity index (χ4n) is 3.83. The molecule has 32 heavy (non-hydrogen) atoms. The Labute approximate surface area is 186 Å². The van der Waals surface area contributed by atoms with Gasteiger partial charge in [-0.15, -0.1) is 0 Å². The van der Waals surface area contributed by atoms with Gasteiger partial charge in [-0.25, -0.2) is 4.98 Å². The van der Waals surface area contributed by atoms with Crippen molar-refractivity contribution in [2.75, 3.05) is 5.32 Å². The van der Waals surface area contributed by atoms with Crippen LogP contribution < -0.4 is 10.1 Å². The van der Waals surface area contributed by atoms with E-state index in [1.165, 1.54) is 5.56 Å². The number of anilines is 2. The Morgan fingerprint density at radius 2 is 1.69 bits per heavy atom. The molecule has 0 aliphatic rings. The number of hydrogen-bond acceptors (Lipinski definition) is 5. The highest BCUT2D eigenvalue weighted by Crippen LogP contribution is 2.35. The van der Waals surface area contributed by atoms with Gasteiger partial charge in [0.15, 0.2) is 0 Å². The van der Waals surface area contributed by atoms with Gasteiger partial charge < -0.3 is 14.6 Å². The van der Waals surface area contributed by atoms with E-state index in [2.05, 4.69) is 51.7 Å². The molecular formula is C25H24N6O. The van der Waals surface area contributed by atoms with Gasteiger partial charge in [-0.2, -0.15) is 10.1 Å². The number of benzene rings is 2. The van der Waals surface area contributed by atoms with Gasteiger partial charge in [0.1, 0.15) is 11.3 Å². The number of fused-ring (bicyclic) bond motifs is 1. The van der Waals surface area contributed by atoms with Crippen molar-refractivity contribution in [3.05, 3.63) is 77.7 Å². The van der Waals surface area contributed by atoms with E-state index in [-0.39, 0.29) is 0 Å². The van der Waals surface area contributed by atoms with Crippen molar-refractivity contribution in [1.82, 2.24) is 24.7 Å². The molecule has 5 aromatic rings. The van der Waals surface area contributed by atoms with Crippen LogP contribution in [0.25, 0.3) is 22.2 Å². The van der Waals surface area contributed by atoms with Gasteiger partial charge in [-0.1, -0.05) is 17.7 Å². The topological polar surface area (TPSA) is 80.7 Å². The van der Waals surface area contributed by atoms with Crippen LogP contribution >= 0.6 is 0 Å². The second-order valence-electron chi connectivity index (χ2n) is 8.03. The van der Waals surface area contributed by atoms with E-state index in [4.69, 9.17) is 9.72 Å². The molecular weight excluding hydrogens is 400 g/mol. The van der Waals surface area contributed by atoms with E-state index in [1.54, 1.807) is 0 Å². The van der Waals surface area contributed by atoms with E-state index >= 15 is 0 Å². The van der Waals surface area contributed by atoms with Crippen LogP contribution in [0.2, 0.25) is 0 Å². The molecule has 0 atom stereocenters. The summed E-state index contributed by atoms with van der Waals surface area (Å²) in [5.41, 5.74) is 7.96.